The smallest absolute Gasteiger partial charge is 0.343 e. The lowest BCUT2D eigenvalue weighted by atomic mass is 9.98. The number of allylic oxidation sites excluding steroid dienone is 1. The fourth-order valence-corrected chi connectivity index (χ4v) is 4.14. The first-order valence-corrected chi connectivity index (χ1v) is 9.46. The molecule has 1 aromatic heterocycles. The molecule has 4 rings (SSSR count). The summed E-state index contributed by atoms with van der Waals surface area (Å²) in [5, 5.41) is 0.206. The van der Waals surface area contributed by atoms with Crippen molar-refractivity contribution in [2.75, 3.05) is 38.7 Å². The van der Waals surface area contributed by atoms with Crippen molar-refractivity contribution in [3.63, 3.8) is 0 Å². The van der Waals surface area contributed by atoms with Gasteiger partial charge in [-0.25, -0.2) is 9.18 Å². The van der Waals surface area contributed by atoms with Crippen molar-refractivity contribution >= 4 is 28.6 Å². The van der Waals surface area contributed by atoms with Gasteiger partial charge in [-0.15, -0.1) is 0 Å². The molecule has 0 aliphatic carbocycles. The van der Waals surface area contributed by atoms with Crippen LogP contribution in [0.1, 0.15) is 35.8 Å². The molecule has 0 spiro atoms. The van der Waals surface area contributed by atoms with E-state index in [1.165, 1.54) is 19.4 Å². The fraction of sp³-hybridized carbons (Fsp3) is 0.429. The zero-order chi connectivity index (χ0) is 20.2. The van der Waals surface area contributed by atoms with E-state index in [0.29, 0.717) is 35.9 Å². The van der Waals surface area contributed by atoms with Gasteiger partial charge in [0.15, 0.2) is 0 Å². The number of rotatable bonds is 2. The van der Waals surface area contributed by atoms with Gasteiger partial charge in [0.1, 0.15) is 11.4 Å². The van der Waals surface area contributed by atoms with E-state index in [0.717, 1.165) is 6.54 Å². The quantitative estimate of drug-likeness (QED) is 0.744. The number of benzene rings is 1. The minimum Gasteiger partial charge on any atom is -0.465 e. The Morgan fingerprint density at radius 3 is 2.71 bits per heavy atom. The Morgan fingerprint density at radius 1 is 1.29 bits per heavy atom. The van der Waals surface area contributed by atoms with E-state index in [2.05, 4.69) is 23.8 Å². The van der Waals surface area contributed by atoms with E-state index in [-0.39, 0.29) is 17.0 Å². The highest BCUT2D eigenvalue weighted by molar-refractivity contribution is 5.99. The number of esters is 1. The number of carbonyl (C=O) groups is 1. The number of hydrogen-bond donors (Lipinski definition) is 0. The third-order valence-electron chi connectivity index (χ3n) is 5.94. The molecular formula is C21H24FN3O3. The Labute approximate surface area is 162 Å². The summed E-state index contributed by atoms with van der Waals surface area (Å²) in [4.78, 5) is 29.3. The first-order chi connectivity index (χ1) is 13.3. The number of piperazine rings is 1. The highest BCUT2D eigenvalue weighted by Crippen LogP contribution is 2.37. The molecule has 2 aliphatic rings. The topological polar surface area (TPSA) is 54.8 Å². The maximum absolute atomic E-state index is 15.3. The van der Waals surface area contributed by atoms with Crippen LogP contribution < -0.4 is 10.3 Å². The summed E-state index contributed by atoms with van der Waals surface area (Å²) in [5.74, 6) is -1.15. The molecule has 1 fully saturated rings. The number of pyridine rings is 1. The van der Waals surface area contributed by atoms with E-state index >= 15 is 4.39 Å². The maximum atomic E-state index is 15.3. The highest BCUT2D eigenvalue weighted by Gasteiger charge is 2.29. The highest BCUT2D eigenvalue weighted by atomic mass is 19.1. The van der Waals surface area contributed by atoms with Crippen molar-refractivity contribution in [2.24, 2.45) is 0 Å². The molecule has 0 radical (unpaired) electrons. The second-order valence-electron chi connectivity index (χ2n) is 7.66. The standard InChI is InChI=1S/C21H24FN3O3/c1-12-5-6-14-18-15(20(26)16(11-25(12)18)21(27)28-4)9-17(22)19(14)24-8-7-23(3)13(2)10-24/h5-6,9,11-13H,7-8,10H2,1-4H3. The van der Waals surface area contributed by atoms with Gasteiger partial charge in [-0.1, -0.05) is 12.2 Å². The number of hydrogen-bond acceptors (Lipinski definition) is 5. The minimum absolute atomic E-state index is 0.0660. The molecule has 2 unspecified atom stereocenters. The van der Waals surface area contributed by atoms with Crippen LogP contribution in [0.15, 0.2) is 23.1 Å². The van der Waals surface area contributed by atoms with Gasteiger partial charge in [0.25, 0.3) is 0 Å². The van der Waals surface area contributed by atoms with Crippen molar-refractivity contribution in [1.82, 2.24) is 9.47 Å². The first-order valence-electron chi connectivity index (χ1n) is 9.46. The first kappa shape index (κ1) is 18.7. The van der Waals surface area contributed by atoms with Gasteiger partial charge in [-0.05, 0) is 27.0 Å². The van der Waals surface area contributed by atoms with Gasteiger partial charge in [0.05, 0.1) is 23.7 Å². The molecule has 0 bridgehead atoms. The van der Waals surface area contributed by atoms with Crippen LogP contribution in [-0.2, 0) is 4.74 Å². The summed E-state index contributed by atoms with van der Waals surface area (Å²) in [7, 11) is 3.30. The molecule has 0 saturated carbocycles. The molecule has 1 saturated heterocycles. The molecule has 3 heterocycles. The number of ether oxygens (including phenoxy) is 1. The predicted octanol–water partition coefficient (Wildman–Crippen LogP) is 2.66. The van der Waals surface area contributed by atoms with Crippen molar-refractivity contribution < 1.29 is 13.9 Å². The van der Waals surface area contributed by atoms with Crippen molar-refractivity contribution in [1.29, 1.82) is 0 Å². The third-order valence-corrected chi connectivity index (χ3v) is 5.94. The van der Waals surface area contributed by atoms with E-state index in [9.17, 15) is 9.59 Å². The lowest BCUT2D eigenvalue weighted by Crippen LogP contribution is -2.50. The molecule has 0 amide bonds. The normalized spacial score (nSPS) is 22.0. The number of methoxy groups -OCH3 is 1. The second kappa shape index (κ2) is 6.74. The molecule has 2 aromatic rings. The molecule has 148 valence electrons. The average molecular weight is 385 g/mol. The van der Waals surface area contributed by atoms with Crippen LogP contribution >= 0.6 is 0 Å². The lowest BCUT2D eigenvalue weighted by molar-refractivity contribution is 0.0598. The van der Waals surface area contributed by atoms with Crippen LogP contribution in [0.5, 0.6) is 0 Å². The van der Waals surface area contributed by atoms with E-state index in [1.54, 1.807) is 0 Å². The SMILES string of the molecule is COC(=O)c1cn2c3c(c(N4CCN(C)C(C)C4)c(F)cc3c1=O)C=CC2C. The largest absolute Gasteiger partial charge is 0.465 e. The van der Waals surface area contributed by atoms with Crippen LogP contribution in [0.2, 0.25) is 0 Å². The summed E-state index contributed by atoms with van der Waals surface area (Å²) >= 11 is 0. The van der Waals surface area contributed by atoms with Crippen molar-refractivity contribution in [3.8, 4) is 0 Å². The maximum Gasteiger partial charge on any atom is 0.343 e. The summed E-state index contributed by atoms with van der Waals surface area (Å²) in [5.41, 5.74) is 1.30. The van der Waals surface area contributed by atoms with E-state index in [1.807, 2.05) is 23.6 Å². The summed E-state index contributed by atoms with van der Waals surface area (Å²) in [6.45, 7) is 6.34. The zero-order valence-corrected chi connectivity index (χ0v) is 16.5. The van der Waals surface area contributed by atoms with Crippen LogP contribution in [0.4, 0.5) is 10.1 Å². The third kappa shape index (κ3) is 2.73. The van der Waals surface area contributed by atoms with Crippen LogP contribution in [0, 0.1) is 5.82 Å². The molecule has 6 nitrogen and oxygen atoms in total. The van der Waals surface area contributed by atoms with Gasteiger partial charge in [-0.2, -0.15) is 0 Å². The van der Waals surface area contributed by atoms with Crippen LogP contribution in [0.3, 0.4) is 0 Å². The van der Waals surface area contributed by atoms with Crippen molar-refractivity contribution in [2.45, 2.75) is 25.9 Å². The summed E-state index contributed by atoms with van der Waals surface area (Å²) < 4.78 is 21.9. The van der Waals surface area contributed by atoms with E-state index < -0.39 is 17.2 Å². The molecular weight excluding hydrogens is 361 g/mol. The van der Waals surface area contributed by atoms with Crippen LogP contribution in [0.25, 0.3) is 17.0 Å². The zero-order valence-electron chi connectivity index (χ0n) is 16.5. The number of aromatic nitrogens is 1. The number of carbonyl (C=O) groups excluding carboxylic acids is 1. The minimum atomic E-state index is -0.712. The van der Waals surface area contributed by atoms with Gasteiger partial charge < -0.3 is 19.1 Å². The summed E-state index contributed by atoms with van der Waals surface area (Å²) in [6, 6.07) is 1.50. The molecule has 28 heavy (non-hydrogen) atoms. The van der Waals surface area contributed by atoms with Gasteiger partial charge in [0.2, 0.25) is 5.43 Å². The number of likely N-dealkylation sites (N-methyl/N-ethyl adjacent to an activating group) is 1. The molecule has 2 aliphatic heterocycles. The number of halogens is 1. The Kier molecular flexibility index (Phi) is 4.50. The van der Waals surface area contributed by atoms with Gasteiger partial charge in [0, 0.05) is 43.5 Å². The Morgan fingerprint density at radius 2 is 2.04 bits per heavy atom. The summed E-state index contributed by atoms with van der Waals surface area (Å²) in [6.07, 6.45) is 5.38. The Bertz CT molecular complexity index is 1060. The monoisotopic (exact) mass is 385 g/mol. The Hall–Kier alpha value is -2.67. The molecule has 2 atom stereocenters. The lowest BCUT2D eigenvalue weighted by Gasteiger charge is -2.40. The van der Waals surface area contributed by atoms with Crippen molar-refractivity contribution in [3.05, 3.63) is 45.5 Å². The molecule has 7 heteroatoms. The molecule has 0 N–H and O–H groups in total. The molecule has 1 aromatic carbocycles. The van der Waals surface area contributed by atoms with Gasteiger partial charge >= 0.3 is 5.97 Å². The predicted molar refractivity (Wildman–Crippen MR) is 108 cm³/mol. The number of anilines is 1. The number of nitrogens with zero attached hydrogens (tertiary/aromatic N) is 3. The van der Waals surface area contributed by atoms with Crippen LogP contribution in [-0.4, -0.2) is 55.3 Å². The van der Waals surface area contributed by atoms with Gasteiger partial charge in [-0.3, -0.25) is 4.79 Å². The second-order valence-corrected chi connectivity index (χ2v) is 7.66. The average Bonchev–Trinajstić information content (AvgIpc) is 2.67. The fourth-order valence-electron chi connectivity index (χ4n) is 4.14. The van der Waals surface area contributed by atoms with E-state index in [4.69, 9.17) is 4.74 Å². The Balaban J connectivity index is 1.99.